The predicted octanol–water partition coefficient (Wildman–Crippen LogP) is 4.65. The second-order valence-corrected chi connectivity index (χ2v) is 7.92. The van der Waals surface area contributed by atoms with Gasteiger partial charge in [0.15, 0.2) is 11.5 Å². The van der Waals surface area contributed by atoms with E-state index in [0.717, 1.165) is 6.08 Å². The van der Waals surface area contributed by atoms with Crippen LogP contribution in [0.3, 0.4) is 0 Å². The zero-order valence-corrected chi connectivity index (χ0v) is 19.6. The second kappa shape index (κ2) is 11.5. The minimum Gasteiger partial charge on any atom is -0.507 e. The average Bonchev–Trinajstić information content (AvgIpc) is 2.87. The van der Waals surface area contributed by atoms with Gasteiger partial charge >= 0.3 is 6.18 Å². The lowest BCUT2D eigenvalue weighted by Crippen LogP contribution is -2.26. The summed E-state index contributed by atoms with van der Waals surface area (Å²) in [5.74, 6) is -0.377. The molecule has 0 aliphatic heterocycles. The number of rotatable bonds is 8. The molecule has 11 heteroatoms. The highest BCUT2D eigenvalue weighted by atomic mass is 19.4. The summed E-state index contributed by atoms with van der Waals surface area (Å²) in [6.45, 7) is 0.0570. The summed E-state index contributed by atoms with van der Waals surface area (Å²) in [6, 6.07) is 5.02. The van der Waals surface area contributed by atoms with Crippen LogP contribution < -0.4 is 19.6 Å². The van der Waals surface area contributed by atoms with Crippen molar-refractivity contribution in [2.45, 2.75) is 25.4 Å². The summed E-state index contributed by atoms with van der Waals surface area (Å²) in [5.41, 5.74) is 3.05. The van der Waals surface area contributed by atoms with Gasteiger partial charge in [-0.1, -0.05) is 18.2 Å². The Bertz CT molecular complexity index is 1180. The Morgan fingerprint density at radius 3 is 2.50 bits per heavy atom. The third-order valence-corrected chi connectivity index (χ3v) is 5.54. The molecule has 0 aromatic heterocycles. The number of aliphatic hydroxyl groups excluding tert-OH is 1. The molecule has 0 fully saturated rings. The van der Waals surface area contributed by atoms with E-state index in [9.17, 15) is 23.1 Å². The molecule has 1 unspecified atom stereocenters. The standard InChI is InChI=1S/C25H24F3N3O5/c1-34-21-9-16(13-30-31-24(33)17-5-8-20(32)18(11-17)12-29)10-22(35-2)23(21)36-14-15-3-6-19(7-4-15)25(26,27)28/h3,6,8-11,13,17,32H,4-5,7,14H2,1-2H3,(H,31,33)/b30-13+. The number of benzene rings is 1. The Balaban J connectivity index is 1.68. The molecular formula is C25H24F3N3O5. The number of hydrazone groups is 1. The zero-order chi connectivity index (χ0) is 26.3. The van der Waals surface area contributed by atoms with Gasteiger partial charge in [-0.2, -0.15) is 23.5 Å². The predicted molar refractivity (Wildman–Crippen MR) is 125 cm³/mol. The first kappa shape index (κ1) is 26.4. The first-order valence-corrected chi connectivity index (χ1v) is 10.8. The number of hydrogen-bond donors (Lipinski definition) is 2. The fourth-order valence-electron chi connectivity index (χ4n) is 3.55. The minimum atomic E-state index is -4.33. The Kier molecular flexibility index (Phi) is 8.42. The van der Waals surface area contributed by atoms with E-state index in [0.29, 0.717) is 22.6 Å². The average molecular weight is 503 g/mol. The largest absolute Gasteiger partial charge is 0.507 e. The Morgan fingerprint density at radius 1 is 1.25 bits per heavy atom. The van der Waals surface area contributed by atoms with E-state index >= 15 is 0 Å². The number of aliphatic hydroxyl groups is 1. The van der Waals surface area contributed by atoms with Crippen LogP contribution in [-0.2, 0) is 4.79 Å². The van der Waals surface area contributed by atoms with Gasteiger partial charge in [0.25, 0.3) is 0 Å². The minimum absolute atomic E-state index is 0.0243. The zero-order valence-electron chi connectivity index (χ0n) is 19.6. The van der Waals surface area contributed by atoms with Crippen molar-refractivity contribution in [2.24, 2.45) is 11.0 Å². The molecule has 36 heavy (non-hydrogen) atoms. The van der Waals surface area contributed by atoms with Gasteiger partial charge in [-0.25, -0.2) is 5.43 Å². The fraction of sp³-hybridized carbons (Fsp3) is 0.320. The van der Waals surface area contributed by atoms with Crippen molar-refractivity contribution in [3.8, 4) is 23.3 Å². The first-order chi connectivity index (χ1) is 17.2. The maximum Gasteiger partial charge on any atom is 0.412 e. The number of ether oxygens (including phenoxy) is 3. The van der Waals surface area contributed by atoms with E-state index in [1.54, 1.807) is 12.1 Å². The van der Waals surface area contributed by atoms with Gasteiger partial charge in [-0.05, 0) is 43.0 Å². The van der Waals surface area contributed by atoms with Crippen LogP contribution in [0.1, 0.15) is 24.8 Å². The number of nitrogens with zero attached hydrogens (tertiary/aromatic N) is 2. The third kappa shape index (κ3) is 6.47. The van der Waals surface area contributed by atoms with Crippen molar-refractivity contribution in [1.82, 2.24) is 5.43 Å². The van der Waals surface area contributed by atoms with Gasteiger partial charge in [-0.15, -0.1) is 0 Å². The lowest BCUT2D eigenvalue weighted by atomic mass is 9.95. The summed E-state index contributed by atoms with van der Waals surface area (Å²) < 4.78 is 55.0. The molecule has 0 heterocycles. The van der Waals surface area contributed by atoms with Crippen LogP contribution in [0.4, 0.5) is 13.2 Å². The maximum absolute atomic E-state index is 12.8. The number of allylic oxidation sites excluding steroid dienone is 5. The molecule has 0 saturated carbocycles. The molecule has 2 aliphatic rings. The van der Waals surface area contributed by atoms with Gasteiger partial charge in [0.05, 0.1) is 31.9 Å². The van der Waals surface area contributed by atoms with Crippen molar-refractivity contribution in [1.29, 1.82) is 5.26 Å². The number of halogens is 3. The van der Waals surface area contributed by atoms with Crippen molar-refractivity contribution >= 4 is 12.1 Å². The normalized spacial score (nSPS) is 17.8. The molecular weight excluding hydrogens is 479 g/mol. The number of methoxy groups -OCH3 is 2. The molecule has 0 spiro atoms. The summed E-state index contributed by atoms with van der Waals surface area (Å²) >= 11 is 0. The lowest BCUT2D eigenvalue weighted by Gasteiger charge is -2.19. The van der Waals surface area contributed by atoms with Gasteiger partial charge in [0.2, 0.25) is 11.7 Å². The van der Waals surface area contributed by atoms with Crippen LogP contribution in [0.15, 0.2) is 64.0 Å². The number of nitrogens with one attached hydrogen (secondary N) is 1. The molecule has 2 N–H and O–H groups in total. The lowest BCUT2D eigenvalue weighted by molar-refractivity contribution is -0.123. The number of amides is 1. The molecule has 8 nitrogen and oxygen atoms in total. The summed E-state index contributed by atoms with van der Waals surface area (Å²) in [5, 5.41) is 22.5. The van der Waals surface area contributed by atoms with Crippen LogP contribution >= 0.6 is 0 Å². The molecule has 2 aliphatic carbocycles. The highest BCUT2D eigenvalue weighted by Crippen LogP contribution is 2.39. The molecule has 1 aromatic rings. The molecule has 3 rings (SSSR count). The van der Waals surface area contributed by atoms with E-state index < -0.39 is 23.6 Å². The van der Waals surface area contributed by atoms with Crippen LogP contribution in [0.25, 0.3) is 0 Å². The summed E-state index contributed by atoms with van der Waals surface area (Å²) in [4.78, 5) is 12.3. The van der Waals surface area contributed by atoms with E-state index in [-0.39, 0.29) is 43.0 Å². The number of carbonyl (C=O) groups excluding carboxylic acids is 1. The molecule has 1 aromatic carbocycles. The molecule has 0 radical (unpaired) electrons. The van der Waals surface area contributed by atoms with E-state index in [4.69, 9.17) is 19.5 Å². The maximum atomic E-state index is 12.8. The highest BCUT2D eigenvalue weighted by Gasteiger charge is 2.33. The van der Waals surface area contributed by atoms with Gasteiger partial charge in [-0.3, -0.25) is 4.79 Å². The number of carbonyl (C=O) groups is 1. The van der Waals surface area contributed by atoms with Crippen LogP contribution in [-0.4, -0.2) is 44.2 Å². The molecule has 1 atom stereocenters. The Morgan fingerprint density at radius 2 is 1.94 bits per heavy atom. The second-order valence-electron chi connectivity index (χ2n) is 7.92. The smallest absolute Gasteiger partial charge is 0.412 e. The Labute approximate surface area is 205 Å². The van der Waals surface area contributed by atoms with E-state index in [2.05, 4.69) is 10.5 Å². The van der Waals surface area contributed by atoms with Gasteiger partial charge < -0.3 is 19.3 Å². The number of alkyl halides is 3. The summed E-state index contributed by atoms with van der Waals surface area (Å²) in [7, 11) is 2.85. The molecule has 190 valence electrons. The fourth-order valence-corrected chi connectivity index (χ4v) is 3.55. The quantitative estimate of drug-likeness (QED) is 0.394. The molecule has 0 bridgehead atoms. The van der Waals surface area contributed by atoms with Gasteiger partial charge in [0, 0.05) is 11.1 Å². The summed E-state index contributed by atoms with van der Waals surface area (Å²) in [6.07, 6.45) is 2.62. The number of nitriles is 1. The monoisotopic (exact) mass is 503 g/mol. The first-order valence-electron chi connectivity index (χ1n) is 10.8. The van der Waals surface area contributed by atoms with Crippen molar-refractivity contribution < 1.29 is 37.3 Å². The van der Waals surface area contributed by atoms with Gasteiger partial charge in [0.1, 0.15) is 18.4 Å². The number of hydrogen-bond acceptors (Lipinski definition) is 7. The van der Waals surface area contributed by atoms with Crippen molar-refractivity contribution in [3.05, 3.63) is 64.5 Å². The molecule has 0 saturated heterocycles. The van der Waals surface area contributed by atoms with E-state index in [1.807, 2.05) is 6.07 Å². The third-order valence-electron chi connectivity index (χ3n) is 5.54. The van der Waals surface area contributed by atoms with Crippen LogP contribution in [0.5, 0.6) is 17.2 Å². The Hall–Kier alpha value is -4.20. The van der Waals surface area contributed by atoms with Crippen LogP contribution in [0.2, 0.25) is 0 Å². The molecule has 1 amide bonds. The van der Waals surface area contributed by atoms with Crippen molar-refractivity contribution in [2.75, 3.05) is 20.8 Å². The van der Waals surface area contributed by atoms with Crippen LogP contribution in [0, 0.1) is 17.2 Å². The SMILES string of the molecule is COc1cc(/C=N/NC(=O)C2C=C(C#N)C(O)=CC2)cc(OC)c1OCC1=CC=C(C(F)(F)F)CC1. The van der Waals surface area contributed by atoms with Crippen molar-refractivity contribution in [3.63, 3.8) is 0 Å². The highest BCUT2D eigenvalue weighted by molar-refractivity contribution is 5.86. The van der Waals surface area contributed by atoms with E-state index in [1.165, 1.54) is 38.7 Å². The topological polar surface area (TPSA) is 113 Å².